The molecule has 8 heterocycles. The van der Waals surface area contributed by atoms with Crippen LogP contribution in [0.3, 0.4) is 0 Å². The lowest BCUT2D eigenvalue weighted by Crippen LogP contribution is -2.59. The number of ether oxygens (including phenoxy) is 4. The van der Waals surface area contributed by atoms with Crippen molar-refractivity contribution in [1.82, 2.24) is 24.5 Å². The third kappa shape index (κ3) is 9.80. The number of aryl methyl sites for hydroxylation is 1. The number of piperidine rings is 1. The number of amides is 1. The molecule has 18 nitrogen and oxygen atoms in total. The van der Waals surface area contributed by atoms with Gasteiger partial charge in [-0.3, -0.25) is 24.7 Å². The molecule has 0 unspecified atom stereocenters. The Balaban J connectivity index is 0.771. The number of hydrogen-bond donors (Lipinski definition) is 3. The number of rotatable bonds is 11. The van der Waals surface area contributed by atoms with E-state index < -0.39 is 49.2 Å². The molecule has 6 aromatic rings. The number of nitrogens with zero attached hydrogens (tertiary/aromatic N) is 6. The van der Waals surface area contributed by atoms with E-state index in [4.69, 9.17) is 23.9 Å². The van der Waals surface area contributed by atoms with Gasteiger partial charge < -0.3 is 39.0 Å². The zero-order valence-electron chi connectivity index (χ0n) is 43.9. The number of benzene rings is 4. The highest BCUT2D eigenvalue weighted by molar-refractivity contribution is 7.90. The van der Waals surface area contributed by atoms with E-state index in [1.807, 2.05) is 24.3 Å². The van der Waals surface area contributed by atoms with Crippen molar-refractivity contribution in [2.75, 3.05) is 80.9 Å². The summed E-state index contributed by atoms with van der Waals surface area (Å²) < 4.78 is 83.2. The number of H-pyrrole nitrogens is 1. The molecule has 5 fully saturated rings. The van der Waals surface area contributed by atoms with Gasteiger partial charge in [-0.2, -0.15) is 4.98 Å². The largest absolute Gasteiger partial charge is 0.489 e. The number of aromatic amines is 1. The number of nitro benzene ring substituents is 1. The first kappa shape index (κ1) is 51.5. The second-order valence-electron chi connectivity index (χ2n) is 22.5. The normalized spacial score (nSPS) is 23.6. The standard InChI is InChI=1S/C58H63F2N9O9S/c1-35-4-2-3-5-42(35)51-32-65(31-36-6-9-44(59)45(60)24-36)19-20-67(51)40-29-58(30-40)14-17-66(18-15-58)39-7-8-43(48(26-39)68-47-13-23-76-34-53(47)78-57-50(68)25-38-10-16-61-55(38)63-57)56(70)64-79(73,74)41-27-49(69(71)72)54-52(28-41)77-33-46(62-54)37-11-21-75-22-12-37/h2-10,16,24-28,37,40,46-47,51,53,62H,11-15,17-23,29-34H2,1H3,(H,61,63)(H,64,70)/t46-,47-,51-,53-/m0/s1. The SMILES string of the molecule is Cc1ccccc1[C@@H]1CN(Cc2ccc(F)c(F)c2)CCN1C1CC2(CCN(c3ccc(C(=O)NS(=O)(=O)c4cc5c(c([N+](=O)[O-])c4)N[C@H](C4CCOCC4)CO5)c(N4c5cc6cc[nH]c6nc5O[C@H]5COCC[C@@H]54)c3)CC2)C1. The predicted molar refractivity (Wildman–Crippen MR) is 292 cm³/mol. The molecule has 0 radical (unpaired) electrons. The molecule has 1 aliphatic carbocycles. The minimum atomic E-state index is -4.72. The summed E-state index contributed by atoms with van der Waals surface area (Å²) in [6, 6.07) is 24.3. The van der Waals surface area contributed by atoms with Crippen molar-refractivity contribution < 1.29 is 45.9 Å². The summed E-state index contributed by atoms with van der Waals surface area (Å²) in [6.07, 6.45) is 7.45. The molecule has 4 saturated heterocycles. The lowest BCUT2D eigenvalue weighted by molar-refractivity contribution is -0.384. The van der Waals surface area contributed by atoms with Gasteiger partial charge in [0.1, 0.15) is 24.0 Å². The molecule has 3 N–H and O–H groups in total. The zero-order chi connectivity index (χ0) is 54.2. The van der Waals surface area contributed by atoms with Crippen molar-refractivity contribution in [1.29, 1.82) is 0 Å². The summed E-state index contributed by atoms with van der Waals surface area (Å²) in [5.41, 5.74) is 5.70. The number of carbonyl (C=O) groups is 1. The average molecular weight is 1100 g/mol. The molecule has 414 valence electrons. The first-order valence-corrected chi connectivity index (χ1v) is 29.0. The van der Waals surface area contributed by atoms with Gasteiger partial charge in [0.2, 0.25) is 5.88 Å². The van der Waals surface area contributed by atoms with Crippen molar-refractivity contribution in [3.63, 3.8) is 0 Å². The molecule has 0 bridgehead atoms. The summed E-state index contributed by atoms with van der Waals surface area (Å²) in [7, 11) is -4.72. The Labute approximate surface area is 456 Å². The van der Waals surface area contributed by atoms with Gasteiger partial charge in [-0.1, -0.05) is 30.3 Å². The van der Waals surface area contributed by atoms with Crippen LogP contribution in [0.15, 0.2) is 96.0 Å². The minimum absolute atomic E-state index is 0.0131. The van der Waals surface area contributed by atoms with E-state index in [1.54, 1.807) is 18.3 Å². The van der Waals surface area contributed by atoms with Gasteiger partial charge in [0, 0.05) is 101 Å². The first-order chi connectivity index (χ1) is 38.3. The fourth-order valence-electron chi connectivity index (χ4n) is 13.6. The highest BCUT2D eigenvalue weighted by atomic mass is 32.2. The van der Waals surface area contributed by atoms with Crippen molar-refractivity contribution in [3.05, 3.63) is 135 Å². The van der Waals surface area contributed by atoms with E-state index in [0.717, 1.165) is 94.0 Å². The molecule has 4 atom stereocenters. The van der Waals surface area contributed by atoms with Crippen LogP contribution in [0, 0.1) is 40.0 Å². The topological polar surface area (TPSA) is 197 Å². The third-order valence-corrected chi connectivity index (χ3v) is 19.2. The van der Waals surface area contributed by atoms with Crippen LogP contribution in [-0.2, 0) is 26.0 Å². The molecule has 1 amide bonds. The van der Waals surface area contributed by atoms with Crippen LogP contribution in [0.5, 0.6) is 11.6 Å². The quantitative estimate of drug-likeness (QED) is 0.0822. The number of halogens is 2. The summed E-state index contributed by atoms with van der Waals surface area (Å²) >= 11 is 0. The second kappa shape index (κ2) is 20.6. The summed E-state index contributed by atoms with van der Waals surface area (Å²) in [5.74, 6) is -2.08. The van der Waals surface area contributed by atoms with Gasteiger partial charge in [-0.15, -0.1) is 0 Å². The Bertz CT molecular complexity index is 3450. The van der Waals surface area contributed by atoms with Crippen molar-refractivity contribution in [3.8, 4) is 11.6 Å². The Kier molecular flexibility index (Phi) is 13.5. The maximum absolute atomic E-state index is 14.9. The molecule has 2 aromatic heterocycles. The zero-order valence-corrected chi connectivity index (χ0v) is 44.7. The van der Waals surface area contributed by atoms with Crippen LogP contribution in [-0.4, -0.2) is 129 Å². The number of nitrogens with one attached hydrogen (secondary N) is 3. The number of aromatic nitrogens is 2. The Morgan fingerprint density at radius 2 is 1.71 bits per heavy atom. The smallest absolute Gasteiger partial charge is 0.297 e. The van der Waals surface area contributed by atoms with E-state index in [9.17, 15) is 32.1 Å². The van der Waals surface area contributed by atoms with Crippen LogP contribution in [0.4, 0.5) is 37.2 Å². The number of sulfonamides is 1. The van der Waals surface area contributed by atoms with Crippen LogP contribution in [0.2, 0.25) is 0 Å². The molecular weight excluding hydrogens is 1040 g/mol. The molecule has 21 heteroatoms. The first-order valence-electron chi connectivity index (χ1n) is 27.5. The minimum Gasteiger partial charge on any atom is -0.489 e. The molecule has 4 aromatic carbocycles. The van der Waals surface area contributed by atoms with Crippen LogP contribution >= 0.6 is 0 Å². The highest BCUT2D eigenvalue weighted by Crippen LogP contribution is 2.54. The fraction of sp³-hybridized carbons (Fsp3) is 0.448. The van der Waals surface area contributed by atoms with Gasteiger partial charge in [0.15, 0.2) is 23.1 Å². The lowest BCUT2D eigenvalue weighted by atomic mass is 9.59. The van der Waals surface area contributed by atoms with E-state index in [1.165, 1.54) is 29.3 Å². The van der Waals surface area contributed by atoms with Gasteiger partial charge in [0.05, 0.1) is 39.8 Å². The molecule has 1 saturated carbocycles. The van der Waals surface area contributed by atoms with Crippen LogP contribution in [0.25, 0.3) is 11.0 Å². The van der Waals surface area contributed by atoms with E-state index in [-0.39, 0.29) is 59.7 Å². The number of fused-ring (bicyclic) bond motifs is 4. The number of pyridine rings is 1. The Hall–Kier alpha value is -6.91. The van der Waals surface area contributed by atoms with Gasteiger partial charge in [-0.25, -0.2) is 21.9 Å². The number of carbonyl (C=O) groups excluding carboxylic acids is 1. The monoisotopic (exact) mass is 1100 g/mol. The molecular formula is C58H63F2N9O9S. The molecule has 1 spiro atoms. The van der Waals surface area contributed by atoms with E-state index in [0.29, 0.717) is 61.7 Å². The van der Waals surface area contributed by atoms with E-state index in [2.05, 4.69) is 65.8 Å². The molecule has 79 heavy (non-hydrogen) atoms. The molecule has 6 aliphatic heterocycles. The van der Waals surface area contributed by atoms with Crippen LogP contribution < -0.4 is 29.3 Å². The molecule has 7 aliphatic rings. The summed E-state index contributed by atoms with van der Waals surface area (Å²) in [5, 5.41) is 16.7. The summed E-state index contributed by atoms with van der Waals surface area (Å²) in [4.78, 5) is 43.8. The van der Waals surface area contributed by atoms with Gasteiger partial charge in [-0.05, 0) is 122 Å². The predicted octanol–water partition coefficient (Wildman–Crippen LogP) is 8.77. The number of nitro groups is 1. The van der Waals surface area contributed by atoms with Gasteiger partial charge in [0.25, 0.3) is 21.6 Å². The average Bonchev–Trinajstić information content (AvgIpc) is 4.12. The van der Waals surface area contributed by atoms with E-state index >= 15 is 0 Å². The number of anilines is 4. The molecule has 13 rings (SSSR count). The second-order valence-corrected chi connectivity index (χ2v) is 24.2. The van der Waals surface area contributed by atoms with Crippen LogP contribution in [0.1, 0.15) is 78.0 Å². The van der Waals surface area contributed by atoms with Gasteiger partial charge >= 0.3 is 0 Å². The summed E-state index contributed by atoms with van der Waals surface area (Å²) in [6.45, 7) is 8.73. The lowest BCUT2D eigenvalue weighted by Gasteiger charge is -2.58. The highest BCUT2D eigenvalue weighted by Gasteiger charge is 2.50. The van der Waals surface area contributed by atoms with Crippen molar-refractivity contribution in [2.45, 2.75) is 93.6 Å². The number of hydrogen-bond acceptors (Lipinski definition) is 15. The Morgan fingerprint density at radius 3 is 2.51 bits per heavy atom. The fourth-order valence-corrected chi connectivity index (χ4v) is 14.6. The number of piperazine rings is 1. The van der Waals surface area contributed by atoms with Crippen molar-refractivity contribution in [2.24, 2.45) is 11.3 Å². The third-order valence-electron chi connectivity index (χ3n) is 17.9. The Morgan fingerprint density at radius 1 is 0.899 bits per heavy atom. The van der Waals surface area contributed by atoms with Crippen molar-refractivity contribution >= 4 is 55.4 Å². The maximum atomic E-state index is 14.9. The maximum Gasteiger partial charge on any atom is 0.297 e.